The van der Waals surface area contributed by atoms with Crippen molar-refractivity contribution in [3.8, 4) is 0 Å². The molecule has 144 valence electrons. The lowest BCUT2D eigenvalue weighted by Gasteiger charge is -2.35. The van der Waals surface area contributed by atoms with Crippen molar-refractivity contribution < 1.29 is 14.3 Å². The second-order valence-corrected chi connectivity index (χ2v) is 7.83. The molecule has 1 unspecified atom stereocenters. The van der Waals surface area contributed by atoms with Crippen molar-refractivity contribution in [1.29, 1.82) is 0 Å². The Bertz CT molecular complexity index is 581. The maximum absolute atomic E-state index is 12.3. The number of hydrogen-bond donors (Lipinski definition) is 1. The molecule has 7 nitrogen and oxygen atoms in total. The predicted molar refractivity (Wildman–Crippen MR) is 101 cm³/mol. The zero-order valence-corrected chi connectivity index (χ0v) is 16.2. The average molecular weight is 381 g/mol. The van der Waals surface area contributed by atoms with E-state index in [0.29, 0.717) is 39.4 Å². The van der Waals surface area contributed by atoms with Crippen LogP contribution in [0.25, 0.3) is 0 Å². The quantitative estimate of drug-likeness (QED) is 0.774. The maximum atomic E-state index is 12.3. The SMILES string of the molecule is CC(NC(=O)CN1CCN(CC(=O)N2CCOCC2)CC1)c1cccs1. The van der Waals surface area contributed by atoms with Gasteiger partial charge in [0.2, 0.25) is 11.8 Å². The molecule has 8 heteroatoms. The molecule has 1 N–H and O–H groups in total. The van der Waals surface area contributed by atoms with Crippen LogP contribution in [0.2, 0.25) is 0 Å². The number of hydrogen-bond acceptors (Lipinski definition) is 6. The molecule has 0 spiro atoms. The van der Waals surface area contributed by atoms with Crippen molar-refractivity contribution in [2.45, 2.75) is 13.0 Å². The lowest BCUT2D eigenvalue weighted by atomic mass is 10.2. The minimum Gasteiger partial charge on any atom is -0.378 e. The standard InChI is InChI=1S/C18H28N4O3S/c1-15(16-3-2-12-26-16)19-17(23)13-20-4-6-21(7-5-20)14-18(24)22-8-10-25-11-9-22/h2-3,12,15H,4-11,13-14H2,1H3,(H,19,23). The van der Waals surface area contributed by atoms with Gasteiger partial charge in [0.15, 0.2) is 0 Å². The number of carbonyl (C=O) groups excluding carboxylic acids is 2. The minimum atomic E-state index is 0.0509. The number of thiophene rings is 1. The average Bonchev–Trinajstić information content (AvgIpc) is 3.19. The summed E-state index contributed by atoms with van der Waals surface area (Å²) in [4.78, 5) is 32.0. The topological polar surface area (TPSA) is 65.1 Å². The number of ether oxygens (including phenoxy) is 1. The molecule has 2 aliphatic rings. The van der Waals surface area contributed by atoms with Gasteiger partial charge in [0.05, 0.1) is 32.3 Å². The van der Waals surface area contributed by atoms with Gasteiger partial charge in [-0.25, -0.2) is 0 Å². The van der Waals surface area contributed by atoms with Crippen molar-refractivity contribution in [2.24, 2.45) is 0 Å². The molecule has 1 atom stereocenters. The molecule has 2 amide bonds. The zero-order valence-electron chi connectivity index (χ0n) is 15.4. The molecule has 2 aliphatic heterocycles. The van der Waals surface area contributed by atoms with Crippen molar-refractivity contribution in [1.82, 2.24) is 20.0 Å². The van der Waals surface area contributed by atoms with Gasteiger partial charge in [-0.15, -0.1) is 11.3 Å². The largest absolute Gasteiger partial charge is 0.378 e. The third-order valence-electron chi connectivity index (χ3n) is 4.90. The first-order valence-electron chi connectivity index (χ1n) is 9.25. The number of nitrogens with zero attached hydrogens (tertiary/aromatic N) is 3. The van der Waals surface area contributed by atoms with Crippen LogP contribution in [0.3, 0.4) is 0 Å². The van der Waals surface area contributed by atoms with Crippen LogP contribution in [0.4, 0.5) is 0 Å². The third-order valence-corrected chi connectivity index (χ3v) is 5.96. The van der Waals surface area contributed by atoms with Crippen molar-refractivity contribution in [3.05, 3.63) is 22.4 Å². The Morgan fingerprint density at radius 2 is 1.77 bits per heavy atom. The number of rotatable bonds is 6. The highest BCUT2D eigenvalue weighted by Crippen LogP contribution is 2.17. The molecular weight excluding hydrogens is 352 g/mol. The number of amides is 2. The van der Waals surface area contributed by atoms with E-state index in [1.165, 1.54) is 4.88 Å². The van der Waals surface area contributed by atoms with E-state index in [-0.39, 0.29) is 17.9 Å². The molecule has 0 aliphatic carbocycles. The van der Waals surface area contributed by atoms with Gasteiger partial charge in [0.1, 0.15) is 0 Å². The van der Waals surface area contributed by atoms with E-state index in [0.717, 1.165) is 26.2 Å². The van der Waals surface area contributed by atoms with E-state index in [1.807, 2.05) is 29.3 Å². The second-order valence-electron chi connectivity index (χ2n) is 6.85. The van der Waals surface area contributed by atoms with Gasteiger partial charge in [0, 0.05) is 44.1 Å². The van der Waals surface area contributed by atoms with E-state index in [1.54, 1.807) is 11.3 Å². The summed E-state index contributed by atoms with van der Waals surface area (Å²) in [6.45, 7) is 8.84. The summed E-state index contributed by atoms with van der Waals surface area (Å²) >= 11 is 1.66. The monoisotopic (exact) mass is 380 g/mol. The first kappa shape index (κ1) is 19.3. The number of morpholine rings is 1. The molecule has 3 rings (SSSR count). The van der Waals surface area contributed by atoms with E-state index in [2.05, 4.69) is 15.1 Å². The zero-order chi connectivity index (χ0) is 18.4. The van der Waals surface area contributed by atoms with Gasteiger partial charge in [-0.3, -0.25) is 19.4 Å². The number of piperazine rings is 1. The smallest absolute Gasteiger partial charge is 0.236 e. The second kappa shape index (κ2) is 9.45. The Hall–Kier alpha value is -1.48. The molecule has 1 aromatic rings. The molecular formula is C18H28N4O3S. The Morgan fingerprint density at radius 1 is 1.12 bits per heavy atom. The van der Waals surface area contributed by atoms with Crippen LogP contribution in [0, 0.1) is 0 Å². The van der Waals surface area contributed by atoms with Crippen LogP contribution in [-0.4, -0.2) is 92.1 Å². The fourth-order valence-electron chi connectivity index (χ4n) is 3.31. The molecule has 0 saturated carbocycles. The van der Waals surface area contributed by atoms with Gasteiger partial charge in [-0.2, -0.15) is 0 Å². The Labute approximate surface area is 158 Å². The Kier molecular flexibility index (Phi) is 7.01. The maximum Gasteiger partial charge on any atom is 0.236 e. The van der Waals surface area contributed by atoms with Crippen LogP contribution < -0.4 is 5.32 Å². The van der Waals surface area contributed by atoms with Crippen molar-refractivity contribution in [2.75, 3.05) is 65.6 Å². The molecule has 2 fully saturated rings. The summed E-state index contributed by atoms with van der Waals surface area (Å²) in [5, 5.41) is 5.08. The van der Waals surface area contributed by atoms with Gasteiger partial charge < -0.3 is 15.0 Å². The van der Waals surface area contributed by atoms with E-state index >= 15 is 0 Å². The van der Waals surface area contributed by atoms with E-state index in [4.69, 9.17) is 4.74 Å². The van der Waals surface area contributed by atoms with Gasteiger partial charge >= 0.3 is 0 Å². The van der Waals surface area contributed by atoms with Crippen molar-refractivity contribution in [3.63, 3.8) is 0 Å². The highest BCUT2D eigenvalue weighted by atomic mass is 32.1. The first-order valence-corrected chi connectivity index (χ1v) is 10.1. The molecule has 0 radical (unpaired) electrons. The van der Waals surface area contributed by atoms with Crippen LogP contribution in [-0.2, 0) is 14.3 Å². The third kappa shape index (κ3) is 5.51. The highest BCUT2D eigenvalue weighted by Gasteiger charge is 2.24. The lowest BCUT2D eigenvalue weighted by molar-refractivity contribution is -0.137. The van der Waals surface area contributed by atoms with E-state index < -0.39 is 0 Å². The first-order chi connectivity index (χ1) is 12.6. The minimum absolute atomic E-state index is 0.0509. The highest BCUT2D eigenvalue weighted by molar-refractivity contribution is 7.10. The fourth-order valence-corrected chi connectivity index (χ4v) is 4.04. The van der Waals surface area contributed by atoms with Gasteiger partial charge in [0.25, 0.3) is 0 Å². The fraction of sp³-hybridized carbons (Fsp3) is 0.667. The van der Waals surface area contributed by atoms with Crippen molar-refractivity contribution >= 4 is 23.2 Å². The van der Waals surface area contributed by atoms with Crippen LogP contribution in [0.1, 0.15) is 17.8 Å². The van der Waals surface area contributed by atoms with Crippen LogP contribution in [0.5, 0.6) is 0 Å². The number of carbonyl (C=O) groups is 2. The summed E-state index contributed by atoms with van der Waals surface area (Å²) in [6, 6.07) is 4.09. The molecule has 0 aromatic carbocycles. The van der Waals surface area contributed by atoms with Gasteiger partial charge in [-0.05, 0) is 18.4 Å². The van der Waals surface area contributed by atoms with Crippen LogP contribution in [0.15, 0.2) is 17.5 Å². The molecule has 26 heavy (non-hydrogen) atoms. The van der Waals surface area contributed by atoms with Gasteiger partial charge in [-0.1, -0.05) is 6.07 Å². The summed E-state index contributed by atoms with van der Waals surface area (Å²) in [7, 11) is 0. The predicted octanol–water partition coefficient (Wildman–Crippen LogP) is 0.402. The molecule has 1 aromatic heterocycles. The molecule has 2 saturated heterocycles. The molecule has 0 bridgehead atoms. The molecule has 3 heterocycles. The number of nitrogens with one attached hydrogen (secondary N) is 1. The summed E-state index contributed by atoms with van der Waals surface area (Å²) in [5.41, 5.74) is 0. The van der Waals surface area contributed by atoms with Crippen LogP contribution >= 0.6 is 11.3 Å². The Balaban J connectivity index is 1.35. The normalized spacial score (nSPS) is 20.7. The lowest BCUT2D eigenvalue weighted by Crippen LogP contribution is -2.53. The Morgan fingerprint density at radius 3 is 2.38 bits per heavy atom. The summed E-state index contributed by atoms with van der Waals surface area (Å²) in [5.74, 6) is 0.244. The summed E-state index contributed by atoms with van der Waals surface area (Å²) in [6.07, 6.45) is 0. The van der Waals surface area contributed by atoms with E-state index in [9.17, 15) is 9.59 Å². The summed E-state index contributed by atoms with van der Waals surface area (Å²) < 4.78 is 5.29.